The molecule has 0 atom stereocenters. The summed E-state index contributed by atoms with van der Waals surface area (Å²) in [5, 5.41) is 3.51. The zero-order chi connectivity index (χ0) is 17.4. The minimum absolute atomic E-state index is 0.329. The van der Waals surface area contributed by atoms with Crippen molar-refractivity contribution < 1.29 is 13.2 Å². The first-order valence-electron chi connectivity index (χ1n) is 7.77. The van der Waals surface area contributed by atoms with Crippen molar-refractivity contribution in [2.24, 2.45) is 0 Å². The van der Waals surface area contributed by atoms with Crippen LogP contribution in [-0.4, -0.2) is 0 Å². The molecule has 2 heterocycles. The van der Waals surface area contributed by atoms with Gasteiger partial charge in [-0.15, -0.1) is 0 Å². The molecule has 0 aliphatic carbocycles. The van der Waals surface area contributed by atoms with Crippen LogP contribution in [0.4, 0.5) is 16.0 Å². The molecule has 0 saturated heterocycles. The molecule has 1 N–H and O–H groups in total. The van der Waals surface area contributed by atoms with Crippen molar-refractivity contribution in [2.45, 2.75) is 6.92 Å². The van der Waals surface area contributed by atoms with Gasteiger partial charge in [-0.1, -0.05) is 30.3 Å². The third-order valence-corrected chi connectivity index (χ3v) is 3.89. The van der Waals surface area contributed by atoms with Crippen molar-refractivity contribution >= 4 is 22.5 Å². The van der Waals surface area contributed by atoms with Crippen molar-refractivity contribution in [3.8, 4) is 11.1 Å². The van der Waals surface area contributed by atoms with Crippen LogP contribution in [0, 0.1) is 12.7 Å². The van der Waals surface area contributed by atoms with Gasteiger partial charge in [0.25, 0.3) is 0 Å². The van der Waals surface area contributed by atoms with Gasteiger partial charge in [-0.3, -0.25) is 0 Å². The first-order valence-corrected chi connectivity index (χ1v) is 7.77. The molecule has 2 aromatic carbocycles. The van der Waals surface area contributed by atoms with Crippen LogP contribution in [0.2, 0.25) is 0 Å². The Labute approximate surface area is 142 Å². The van der Waals surface area contributed by atoms with Gasteiger partial charge in [-0.05, 0) is 36.8 Å². The molecule has 0 unspecified atom stereocenters. The molecule has 0 aliphatic rings. The van der Waals surface area contributed by atoms with E-state index >= 15 is 0 Å². The number of nitrogens with one attached hydrogen (secondary N) is 1. The van der Waals surface area contributed by atoms with Gasteiger partial charge in [0.2, 0.25) is 5.88 Å². The lowest BCUT2D eigenvalue weighted by Gasteiger charge is -2.06. The highest BCUT2D eigenvalue weighted by Gasteiger charge is 2.20. The number of fused-ring (bicyclic) bond motifs is 1. The molecule has 5 heteroatoms. The van der Waals surface area contributed by atoms with Crippen molar-refractivity contribution in [1.82, 2.24) is 0 Å². The van der Waals surface area contributed by atoms with Crippen LogP contribution in [0.15, 0.2) is 74.3 Å². The topological polar surface area (TPSA) is 55.4 Å². The quantitative estimate of drug-likeness (QED) is 0.556. The number of para-hydroxylation sites is 1. The van der Waals surface area contributed by atoms with E-state index in [2.05, 4.69) is 5.32 Å². The second kappa shape index (κ2) is 5.94. The summed E-state index contributed by atoms with van der Waals surface area (Å²) in [4.78, 5) is 12.4. The minimum Gasteiger partial charge on any atom is -0.439 e. The fourth-order valence-corrected chi connectivity index (χ4v) is 2.80. The molecule has 0 spiro atoms. The van der Waals surface area contributed by atoms with E-state index in [9.17, 15) is 9.18 Å². The summed E-state index contributed by atoms with van der Waals surface area (Å²) in [5.74, 6) is 0.519. The summed E-state index contributed by atoms with van der Waals surface area (Å²) in [6, 6.07) is 17.0. The molecule has 25 heavy (non-hydrogen) atoms. The van der Waals surface area contributed by atoms with Crippen molar-refractivity contribution in [3.05, 3.63) is 82.7 Å². The summed E-state index contributed by atoms with van der Waals surface area (Å²) in [7, 11) is 0. The summed E-state index contributed by atoms with van der Waals surface area (Å²) in [5.41, 5.74) is 1.96. The number of rotatable bonds is 3. The van der Waals surface area contributed by atoms with Crippen molar-refractivity contribution in [2.75, 3.05) is 5.32 Å². The van der Waals surface area contributed by atoms with E-state index in [0.717, 1.165) is 5.69 Å². The number of hydrogen-bond donors (Lipinski definition) is 1. The van der Waals surface area contributed by atoms with Gasteiger partial charge < -0.3 is 14.2 Å². The lowest BCUT2D eigenvalue weighted by Crippen LogP contribution is -2.00. The Hall–Kier alpha value is -3.34. The van der Waals surface area contributed by atoms with E-state index in [-0.39, 0.29) is 5.82 Å². The van der Waals surface area contributed by atoms with Crippen LogP contribution in [0.5, 0.6) is 0 Å². The second-order valence-corrected chi connectivity index (χ2v) is 5.69. The van der Waals surface area contributed by atoms with Gasteiger partial charge in [0.1, 0.15) is 22.5 Å². The maximum atomic E-state index is 13.3. The molecule has 4 nitrogen and oxygen atoms in total. The van der Waals surface area contributed by atoms with Crippen LogP contribution in [0.1, 0.15) is 5.76 Å². The summed E-state index contributed by atoms with van der Waals surface area (Å²) in [6.45, 7) is 1.69. The number of aryl methyl sites for hydroxylation is 1. The Morgan fingerprint density at radius 3 is 2.40 bits per heavy atom. The average molecular weight is 335 g/mol. The largest absolute Gasteiger partial charge is 0.439 e. The standard InChI is InChI=1S/C20H14FNO3/c1-12-11-16-18(20(23)24-12)17(13-7-9-14(21)10-8-13)19(25-16)22-15-5-3-2-4-6-15/h2-11,22H,1H3. The fourth-order valence-electron chi connectivity index (χ4n) is 2.80. The molecule has 0 fully saturated rings. The lowest BCUT2D eigenvalue weighted by atomic mass is 10.0. The first kappa shape index (κ1) is 15.2. The average Bonchev–Trinajstić information content (AvgIpc) is 2.94. The Kier molecular flexibility index (Phi) is 3.61. The van der Waals surface area contributed by atoms with Crippen LogP contribution in [-0.2, 0) is 0 Å². The zero-order valence-corrected chi connectivity index (χ0v) is 13.4. The molecular formula is C20H14FNO3. The van der Waals surface area contributed by atoms with Gasteiger partial charge >= 0.3 is 5.63 Å². The lowest BCUT2D eigenvalue weighted by molar-refractivity contribution is 0.485. The highest BCUT2D eigenvalue weighted by molar-refractivity contribution is 6.00. The number of furan rings is 1. The first-order chi connectivity index (χ1) is 12.1. The molecule has 0 amide bonds. The maximum absolute atomic E-state index is 13.3. The number of benzene rings is 2. The zero-order valence-electron chi connectivity index (χ0n) is 13.4. The van der Waals surface area contributed by atoms with Crippen molar-refractivity contribution in [1.29, 1.82) is 0 Å². The molecule has 124 valence electrons. The highest BCUT2D eigenvalue weighted by Crippen LogP contribution is 2.38. The Morgan fingerprint density at radius 1 is 0.960 bits per heavy atom. The van der Waals surface area contributed by atoms with E-state index in [1.165, 1.54) is 12.1 Å². The van der Waals surface area contributed by atoms with Gasteiger partial charge in [-0.2, -0.15) is 0 Å². The highest BCUT2D eigenvalue weighted by atomic mass is 19.1. The maximum Gasteiger partial charge on any atom is 0.347 e. The molecule has 0 bridgehead atoms. The van der Waals surface area contributed by atoms with Crippen molar-refractivity contribution in [3.63, 3.8) is 0 Å². The fraction of sp³-hybridized carbons (Fsp3) is 0.0500. The second-order valence-electron chi connectivity index (χ2n) is 5.69. The minimum atomic E-state index is -0.487. The molecular weight excluding hydrogens is 321 g/mol. The van der Waals surface area contributed by atoms with Gasteiger partial charge in [0.05, 0.1) is 5.56 Å². The molecule has 2 aromatic heterocycles. The van der Waals surface area contributed by atoms with E-state index < -0.39 is 5.63 Å². The predicted octanol–water partition coefficient (Wildman–Crippen LogP) is 5.24. The van der Waals surface area contributed by atoms with Gasteiger partial charge in [0.15, 0.2) is 0 Å². The van der Waals surface area contributed by atoms with Crippen LogP contribution in [0.25, 0.3) is 22.1 Å². The summed E-state index contributed by atoms with van der Waals surface area (Å²) >= 11 is 0. The van der Waals surface area contributed by atoms with Crippen LogP contribution in [0.3, 0.4) is 0 Å². The normalized spacial score (nSPS) is 11.0. The summed E-state index contributed by atoms with van der Waals surface area (Å²) in [6.07, 6.45) is 0. The molecule has 0 aliphatic heterocycles. The Bertz CT molecular complexity index is 1100. The molecule has 0 saturated carbocycles. The molecule has 4 rings (SSSR count). The number of halogens is 1. The van der Waals surface area contributed by atoms with E-state index in [4.69, 9.17) is 8.83 Å². The number of hydrogen-bond acceptors (Lipinski definition) is 4. The SMILES string of the molecule is Cc1cc2oc(Nc3ccccc3)c(-c3ccc(F)cc3)c2c(=O)o1. The third kappa shape index (κ3) is 2.80. The van der Waals surface area contributed by atoms with Crippen LogP contribution >= 0.6 is 0 Å². The van der Waals surface area contributed by atoms with E-state index in [1.54, 1.807) is 25.1 Å². The van der Waals surface area contributed by atoms with Crippen LogP contribution < -0.4 is 10.9 Å². The van der Waals surface area contributed by atoms with E-state index in [1.807, 2.05) is 30.3 Å². The molecule has 0 radical (unpaired) electrons. The number of anilines is 2. The smallest absolute Gasteiger partial charge is 0.347 e. The monoisotopic (exact) mass is 335 g/mol. The molecule has 4 aromatic rings. The van der Waals surface area contributed by atoms with Gasteiger partial charge in [-0.25, -0.2) is 9.18 Å². The third-order valence-electron chi connectivity index (χ3n) is 3.89. The van der Waals surface area contributed by atoms with Gasteiger partial charge in [0, 0.05) is 11.8 Å². The predicted molar refractivity (Wildman–Crippen MR) is 94.6 cm³/mol. The Morgan fingerprint density at radius 2 is 1.68 bits per heavy atom. The van der Waals surface area contributed by atoms with E-state index in [0.29, 0.717) is 33.7 Å². The Balaban J connectivity index is 1.97. The summed E-state index contributed by atoms with van der Waals surface area (Å²) < 4.78 is 24.4.